The summed E-state index contributed by atoms with van der Waals surface area (Å²) in [6.07, 6.45) is 2.05. The summed E-state index contributed by atoms with van der Waals surface area (Å²) < 4.78 is 26.6. The van der Waals surface area contributed by atoms with Crippen LogP contribution in [0.1, 0.15) is 50.8 Å². The third-order valence-electron chi connectivity index (χ3n) is 5.54. The summed E-state index contributed by atoms with van der Waals surface area (Å²) in [7, 11) is -3.74. The minimum absolute atomic E-state index is 0.251. The number of carbonyl (C=O) groups excluding carboxylic acids is 2. The maximum absolute atomic E-state index is 13.7. The van der Waals surface area contributed by atoms with Crippen LogP contribution in [0, 0.1) is 13.8 Å². The molecule has 1 atom stereocenters. The van der Waals surface area contributed by atoms with Gasteiger partial charge in [-0.3, -0.25) is 13.9 Å². The molecule has 0 aromatic heterocycles. The van der Waals surface area contributed by atoms with Gasteiger partial charge in [0.25, 0.3) is 0 Å². The van der Waals surface area contributed by atoms with Crippen LogP contribution in [0.5, 0.6) is 0 Å². The Morgan fingerprint density at radius 1 is 1.00 bits per heavy atom. The molecule has 2 rings (SSSR count). The Kier molecular flexibility index (Phi) is 9.49. The summed E-state index contributed by atoms with van der Waals surface area (Å²) in [4.78, 5) is 28.3. The fourth-order valence-electron chi connectivity index (χ4n) is 4.06. The predicted molar refractivity (Wildman–Crippen MR) is 142 cm³/mol. The number of nitrogens with zero attached hydrogens (tertiary/aromatic N) is 2. The molecule has 0 saturated heterocycles. The molecule has 1 N–H and O–H groups in total. The van der Waals surface area contributed by atoms with E-state index in [0.29, 0.717) is 25.1 Å². The number of benzene rings is 2. The van der Waals surface area contributed by atoms with Crippen molar-refractivity contribution in [2.45, 2.75) is 66.0 Å². The molecule has 0 aliphatic rings. The molecule has 0 heterocycles. The van der Waals surface area contributed by atoms with Gasteiger partial charge < -0.3 is 10.2 Å². The van der Waals surface area contributed by atoms with Gasteiger partial charge in [0.05, 0.1) is 11.9 Å². The van der Waals surface area contributed by atoms with Gasteiger partial charge in [-0.1, -0.05) is 43.3 Å². The first-order valence-electron chi connectivity index (χ1n) is 11.9. The first-order chi connectivity index (χ1) is 16.2. The number of sulfonamides is 1. The Morgan fingerprint density at radius 3 is 2.06 bits per heavy atom. The van der Waals surface area contributed by atoms with Gasteiger partial charge in [0.15, 0.2) is 0 Å². The number of nitrogens with one attached hydrogen (secondary N) is 1. The van der Waals surface area contributed by atoms with Crippen LogP contribution in [0.4, 0.5) is 5.69 Å². The number of anilines is 1. The molecule has 0 aliphatic carbocycles. The van der Waals surface area contributed by atoms with Gasteiger partial charge in [0, 0.05) is 12.1 Å². The first kappa shape index (κ1) is 28.4. The largest absolute Gasteiger partial charge is 0.350 e. The normalized spacial score (nSPS) is 12.7. The highest BCUT2D eigenvalue weighted by atomic mass is 32.2. The molecule has 35 heavy (non-hydrogen) atoms. The first-order valence-corrected chi connectivity index (χ1v) is 13.8. The molecule has 0 bridgehead atoms. The lowest BCUT2D eigenvalue weighted by atomic mass is 10.1. The smallest absolute Gasteiger partial charge is 0.244 e. The Bertz CT molecular complexity index is 1100. The van der Waals surface area contributed by atoms with Crippen molar-refractivity contribution in [2.24, 2.45) is 0 Å². The number of carbonyl (C=O) groups is 2. The van der Waals surface area contributed by atoms with E-state index >= 15 is 0 Å². The van der Waals surface area contributed by atoms with Crippen molar-refractivity contribution in [3.8, 4) is 0 Å². The molecular formula is C27H39N3O4S. The molecule has 1 unspecified atom stereocenters. The van der Waals surface area contributed by atoms with E-state index in [1.165, 1.54) is 4.90 Å². The van der Waals surface area contributed by atoms with Gasteiger partial charge in [-0.25, -0.2) is 8.42 Å². The minimum atomic E-state index is -3.74. The van der Waals surface area contributed by atoms with Crippen molar-refractivity contribution in [1.29, 1.82) is 0 Å². The summed E-state index contributed by atoms with van der Waals surface area (Å²) in [5, 5.41) is 2.97. The van der Waals surface area contributed by atoms with E-state index in [1.54, 1.807) is 12.1 Å². The van der Waals surface area contributed by atoms with Crippen molar-refractivity contribution in [3.63, 3.8) is 0 Å². The van der Waals surface area contributed by atoms with Crippen LogP contribution in [0.25, 0.3) is 0 Å². The highest BCUT2D eigenvalue weighted by Gasteiger charge is 2.32. The fraction of sp³-hybridized carbons (Fsp3) is 0.481. The fourth-order valence-corrected chi connectivity index (χ4v) is 4.89. The van der Waals surface area contributed by atoms with E-state index in [-0.39, 0.29) is 12.5 Å². The number of hydrogen-bond acceptors (Lipinski definition) is 4. The molecule has 0 aliphatic heterocycles. The summed E-state index contributed by atoms with van der Waals surface area (Å²) in [5.74, 6) is -0.667. The highest BCUT2D eigenvalue weighted by molar-refractivity contribution is 7.92. The van der Waals surface area contributed by atoms with Gasteiger partial charge in [-0.2, -0.15) is 0 Å². The Balaban J connectivity index is 2.41. The third-order valence-corrected chi connectivity index (χ3v) is 6.68. The highest BCUT2D eigenvalue weighted by Crippen LogP contribution is 2.22. The molecule has 192 valence electrons. The second-order valence-electron chi connectivity index (χ2n) is 10.1. The lowest BCUT2D eigenvalue weighted by Gasteiger charge is -2.34. The van der Waals surface area contributed by atoms with Gasteiger partial charge in [0.1, 0.15) is 12.6 Å². The minimum Gasteiger partial charge on any atom is -0.350 e. The van der Waals surface area contributed by atoms with E-state index in [1.807, 2.05) is 77.9 Å². The van der Waals surface area contributed by atoms with Crippen LogP contribution in [0.2, 0.25) is 0 Å². The van der Waals surface area contributed by atoms with Gasteiger partial charge >= 0.3 is 0 Å². The zero-order chi connectivity index (χ0) is 26.4. The maximum Gasteiger partial charge on any atom is 0.244 e. The molecule has 2 amide bonds. The zero-order valence-corrected chi connectivity index (χ0v) is 22.8. The summed E-state index contributed by atoms with van der Waals surface area (Å²) in [6, 6.07) is 14.4. The molecule has 7 nitrogen and oxygen atoms in total. The maximum atomic E-state index is 13.7. The van der Waals surface area contributed by atoms with Crippen LogP contribution in [-0.2, 0) is 26.0 Å². The van der Waals surface area contributed by atoms with Crippen LogP contribution in [0.3, 0.4) is 0 Å². The van der Waals surface area contributed by atoms with Crippen molar-refractivity contribution in [3.05, 3.63) is 65.2 Å². The van der Waals surface area contributed by atoms with Gasteiger partial charge in [-0.05, 0) is 76.3 Å². The topological polar surface area (TPSA) is 86.8 Å². The molecule has 0 fully saturated rings. The SMILES string of the molecule is CCC(C(=O)NC(C)(C)C)N(CCc1ccccc1)C(=O)CN(c1cc(C)cc(C)c1)S(C)(=O)=O. The zero-order valence-electron chi connectivity index (χ0n) is 22.0. The Morgan fingerprint density at radius 2 is 1.57 bits per heavy atom. The number of rotatable bonds is 10. The summed E-state index contributed by atoms with van der Waals surface area (Å²) in [6.45, 7) is 11.2. The molecular weight excluding hydrogens is 462 g/mol. The number of aryl methyl sites for hydroxylation is 2. The Labute approximate surface area is 210 Å². The van der Waals surface area contributed by atoms with Crippen molar-refractivity contribution < 1.29 is 18.0 Å². The van der Waals surface area contributed by atoms with E-state index in [0.717, 1.165) is 27.3 Å². The molecule has 0 radical (unpaired) electrons. The van der Waals surface area contributed by atoms with E-state index in [2.05, 4.69) is 5.32 Å². The van der Waals surface area contributed by atoms with Crippen molar-refractivity contribution >= 4 is 27.5 Å². The van der Waals surface area contributed by atoms with Gasteiger partial charge in [0.2, 0.25) is 21.8 Å². The number of hydrogen-bond donors (Lipinski definition) is 1. The standard InChI is InChI=1S/C27H39N3O4S/c1-8-24(26(32)28-27(4,5)6)29(15-14-22-12-10-9-11-13-22)25(31)19-30(35(7,33)34)23-17-20(2)16-21(3)18-23/h9-13,16-18,24H,8,14-15,19H2,1-7H3,(H,28,32). The Hall–Kier alpha value is -2.87. The molecule has 0 saturated carbocycles. The summed E-state index contributed by atoms with van der Waals surface area (Å²) >= 11 is 0. The average Bonchev–Trinajstić information content (AvgIpc) is 2.72. The van der Waals surface area contributed by atoms with E-state index in [9.17, 15) is 18.0 Å². The summed E-state index contributed by atoms with van der Waals surface area (Å²) in [5.41, 5.74) is 2.81. The van der Waals surface area contributed by atoms with Crippen molar-refractivity contribution in [1.82, 2.24) is 10.2 Å². The molecule has 8 heteroatoms. The van der Waals surface area contributed by atoms with Gasteiger partial charge in [-0.15, -0.1) is 0 Å². The van der Waals surface area contributed by atoms with Crippen LogP contribution < -0.4 is 9.62 Å². The molecule has 0 spiro atoms. The second kappa shape index (κ2) is 11.7. The van der Waals surface area contributed by atoms with E-state index in [4.69, 9.17) is 0 Å². The molecule has 2 aromatic carbocycles. The second-order valence-corrected chi connectivity index (χ2v) is 12.0. The molecule has 2 aromatic rings. The predicted octanol–water partition coefficient (Wildman–Crippen LogP) is 3.83. The lowest BCUT2D eigenvalue weighted by molar-refractivity contribution is -0.140. The third kappa shape index (κ3) is 8.69. The van der Waals surface area contributed by atoms with Crippen molar-refractivity contribution in [2.75, 3.05) is 23.7 Å². The van der Waals surface area contributed by atoms with Crippen LogP contribution in [0.15, 0.2) is 48.5 Å². The van der Waals surface area contributed by atoms with Crippen LogP contribution >= 0.6 is 0 Å². The number of amides is 2. The quantitative estimate of drug-likeness (QED) is 0.536. The monoisotopic (exact) mass is 501 g/mol. The average molecular weight is 502 g/mol. The van der Waals surface area contributed by atoms with Crippen LogP contribution in [-0.4, -0.2) is 56.1 Å². The lowest BCUT2D eigenvalue weighted by Crippen LogP contribution is -2.56. The van der Waals surface area contributed by atoms with E-state index < -0.39 is 27.5 Å².